The van der Waals surface area contributed by atoms with E-state index in [2.05, 4.69) is 32.4 Å². The molecule has 32 heavy (non-hydrogen) atoms. The number of nitrogens with zero attached hydrogens (tertiary/aromatic N) is 4. The normalized spacial score (nSPS) is 17.0. The van der Waals surface area contributed by atoms with Gasteiger partial charge in [0.15, 0.2) is 11.7 Å². The number of nitrogens with one attached hydrogen (secondary N) is 2. The highest BCUT2D eigenvalue weighted by atomic mass is 19.2. The van der Waals surface area contributed by atoms with Crippen LogP contribution in [0, 0.1) is 5.92 Å². The van der Waals surface area contributed by atoms with Gasteiger partial charge in [-0.25, -0.2) is 24.6 Å². The van der Waals surface area contributed by atoms with E-state index in [4.69, 9.17) is 11.6 Å². The van der Waals surface area contributed by atoms with Crippen molar-refractivity contribution in [3.8, 4) is 11.1 Å². The zero-order chi connectivity index (χ0) is 23.5. The summed E-state index contributed by atoms with van der Waals surface area (Å²) in [7, 11) is 0. The van der Waals surface area contributed by atoms with Crippen LogP contribution in [0.1, 0.15) is 25.8 Å². The standard InChI is InChI=1S/C20H24F2N8.C2H6/c1-2-3-18(17(22)7-21)28-20(29-24)16-6-14(9-26-19(16)23)15-10-27-30(12-15)11-13-4-5-25-8-13;1-2/h2-3,6-7,9-10,12-13,25H,1,4-5,8,11,24H2,(H2,23,26)(H,28,29);1-2H3/b17-7-,18-3+;. The Morgan fingerprint density at radius 1 is 1.41 bits per heavy atom. The highest BCUT2D eigenvalue weighted by Gasteiger charge is 2.17. The summed E-state index contributed by atoms with van der Waals surface area (Å²) in [6.45, 7) is 10.3. The lowest BCUT2D eigenvalue weighted by Crippen LogP contribution is -2.32. The number of hydrazine groups is 1. The number of rotatable bonds is 7. The van der Waals surface area contributed by atoms with Crippen LogP contribution < -0.4 is 22.3 Å². The number of halogens is 2. The number of allylic oxidation sites excluding steroid dienone is 3. The van der Waals surface area contributed by atoms with Gasteiger partial charge in [0.2, 0.25) is 0 Å². The molecule has 0 bridgehead atoms. The number of nitrogen functional groups attached to an aromatic ring is 1. The second-order valence-electron chi connectivity index (χ2n) is 6.82. The Morgan fingerprint density at radius 3 is 2.81 bits per heavy atom. The van der Waals surface area contributed by atoms with Gasteiger partial charge in [0.1, 0.15) is 17.8 Å². The van der Waals surface area contributed by atoms with Crippen molar-refractivity contribution in [1.29, 1.82) is 0 Å². The molecule has 0 spiro atoms. The first kappa shape index (κ1) is 24.9. The van der Waals surface area contributed by atoms with E-state index >= 15 is 0 Å². The quantitative estimate of drug-likeness (QED) is 0.171. The van der Waals surface area contributed by atoms with Gasteiger partial charge < -0.3 is 16.5 Å². The average molecular weight is 445 g/mol. The zero-order valence-electron chi connectivity index (χ0n) is 18.4. The summed E-state index contributed by atoms with van der Waals surface area (Å²) in [6, 6.07) is 1.71. The predicted octanol–water partition coefficient (Wildman–Crippen LogP) is 3.22. The van der Waals surface area contributed by atoms with Gasteiger partial charge >= 0.3 is 0 Å². The Balaban J connectivity index is 0.00000176. The molecule has 8 nitrogen and oxygen atoms in total. The molecule has 0 aromatic carbocycles. The third kappa shape index (κ3) is 6.32. The molecule has 1 saturated heterocycles. The largest absolute Gasteiger partial charge is 0.383 e. The minimum Gasteiger partial charge on any atom is -0.383 e. The van der Waals surface area contributed by atoms with Crippen LogP contribution in [0.2, 0.25) is 0 Å². The number of hydrogen-bond donors (Lipinski definition) is 4. The van der Waals surface area contributed by atoms with Crippen molar-refractivity contribution < 1.29 is 8.78 Å². The van der Waals surface area contributed by atoms with Crippen molar-refractivity contribution in [3.63, 3.8) is 0 Å². The van der Waals surface area contributed by atoms with E-state index in [0.29, 0.717) is 11.5 Å². The zero-order valence-corrected chi connectivity index (χ0v) is 18.4. The van der Waals surface area contributed by atoms with Gasteiger partial charge in [0, 0.05) is 30.1 Å². The molecule has 1 aliphatic rings. The number of hydrogen-bond acceptors (Lipinski definition) is 6. The monoisotopic (exact) mass is 444 g/mol. The summed E-state index contributed by atoms with van der Waals surface area (Å²) in [5.41, 5.74) is 9.95. The molecule has 0 aliphatic carbocycles. The van der Waals surface area contributed by atoms with E-state index in [0.717, 1.165) is 37.2 Å². The Kier molecular flexibility index (Phi) is 9.71. The van der Waals surface area contributed by atoms with Gasteiger partial charge in [-0.3, -0.25) is 4.68 Å². The first-order valence-corrected chi connectivity index (χ1v) is 10.4. The van der Waals surface area contributed by atoms with Crippen molar-refractivity contribution in [2.75, 3.05) is 18.8 Å². The van der Waals surface area contributed by atoms with Crippen LogP contribution in [0.4, 0.5) is 14.6 Å². The minimum atomic E-state index is -1.17. The number of aromatic nitrogens is 3. The summed E-state index contributed by atoms with van der Waals surface area (Å²) in [5.74, 6) is 5.10. The minimum absolute atomic E-state index is 0.0244. The molecule has 172 valence electrons. The van der Waals surface area contributed by atoms with Crippen molar-refractivity contribution in [2.45, 2.75) is 26.8 Å². The van der Waals surface area contributed by atoms with Gasteiger partial charge in [-0.05, 0) is 37.6 Å². The Bertz CT molecular complexity index is 988. The summed E-state index contributed by atoms with van der Waals surface area (Å²) >= 11 is 0. The van der Waals surface area contributed by atoms with Crippen LogP contribution in [0.3, 0.4) is 0 Å². The predicted molar refractivity (Wildman–Crippen MR) is 125 cm³/mol. The van der Waals surface area contributed by atoms with Crippen LogP contribution >= 0.6 is 0 Å². The second-order valence-corrected chi connectivity index (χ2v) is 6.82. The third-order valence-corrected chi connectivity index (χ3v) is 4.73. The number of aliphatic imine (C=N–C) groups is 1. The summed E-state index contributed by atoms with van der Waals surface area (Å²) in [5, 5.41) is 7.76. The first-order chi connectivity index (χ1) is 15.5. The van der Waals surface area contributed by atoms with Crippen LogP contribution in [-0.4, -0.2) is 33.7 Å². The smallest absolute Gasteiger partial charge is 0.177 e. The molecule has 1 atom stereocenters. The van der Waals surface area contributed by atoms with Crippen molar-refractivity contribution >= 4 is 11.7 Å². The van der Waals surface area contributed by atoms with E-state index in [1.165, 1.54) is 12.2 Å². The van der Waals surface area contributed by atoms with E-state index in [1.807, 2.05) is 24.7 Å². The molecule has 0 amide bonds. The first-order valence-electron chi connectivity index (χ1n) is 10.4. The fraction of sp³-hybridized carbons (Fsp3) is 0.318. The summed E-state index contributed by atoms with van der Waals surface area (Å²) < 4.78 is 28.3. The highest BCUT2D eigenvalue weighted by molar-refractivity contribution is 6.03. The second kappa shape index (κ2) is 12.5. The van der Waals surface area contributed by atoms with Crippen LogP contribution in [0.25, 0.3) is 11.1 Å². The van der Waals surface area contributed by atoms with Crippen LogP contribution in [0.5, 0.6) is 0 Å². The third-order valence-electron chi connectivity index (χ3n) is 4.73. The van der Waals surface area contributed by atoms with Gasteiger partial charge in [0.05, 0.1) is 11.8 Å². The lowest BCUT2D eigenvalue weighted by Gasteiger charge is -2.11. The SMILES string of the molecule is C=C/C=C(N=C(NN)c1cc(-c2cnn(CC3CCNC3)c2)cnc1N)\C(F)=C\F.CC. The van der Waals surface area contributed by atoms with Crippen LogP contribution in [0.15, 0.2) is 66.2 Å². The molecule has 2 aromatic rings. The lowest BCUT2D eigenvalue weighted by molar-refractivity contribution is 0.449. The maximum Gasteiger partial charge on any atom is 0.177 e. The number of anilines is 1. The number of pyridine rings is 1. The molecular weight excluding hydrogens is 414 g/mol. The molecule has 1 aliphatic heterocycles. The number of nitrogens with two attached hydrogens (primary N) is 2. The van der Waals surface area contributed by atoms with Crippen LogP contribution in [-0.2, 0) is 6.54 Å². The molecule has 2 aromatic heterocycles. The van der Waals surface area contributed by atoms with Crippen molar-refractivity contribution in [3.05, 3.63) is 66.8 Å². The molecule has 0 radical (unpaired) electrons. The number of amidine groups is 1. The molecule has 10 heteroatoms. The van der Waals surface area contributed by atoms with Gasteiger partial charge in [-0.1, -0.05) is 26.5 Å². The van der Waals surface area contributed by atoms with Gasteiger partial charge in [0.25, 0.3) is 0 Å². The van der Waals surface area contributed by atoms with Gasteiger partial charge in [-0.2, -0.15) is 5.10 Å². The maximum atomic E-state index is 13.7. The average Bonchev–Trinajstić information content (AvgIpc) is 3.51. The van der Waals surface area contributed by atoms with E-state index in [-0.39, 0.29) is 23.7 Å². The molecule has 3 heterocycles. The Labute approximate surface area is 186 Å². The molecular formula is C22H30F2N8. The summed E-state index contributed by atoms with van der Waals surface area (Å²) in [4.78, 5) is 8.22. The Morgan fingerprint density at radius 2 is 2.19 bits per heavy atom. The molecule has 1 unspecified atom stereocenters. The lowest BCUT2D eigenvalue weighted by atomic mass is 10.1. The topological polar surface area (TPSA) is 119 Å². The fourth-order valence-corrected chi connectivity index (χ4v) is 3.20. The highest BCUT2D eigenvalue weighted by Crippen LogP contribution is 2.24. The summed E-state index contributed by atoms with van der Waals surface area (Å²) in [6.07, 6.45) is 8.68. The Hall–Kier alpha value is -3.37. The molecule has 6 N–H and O–H groups in total. The van der Waals surface area contributed by atoms with E-state index in [9.17, 15) is 8.78 Å². The van der Waals surface area contributed by atoms with Gasteiger partial charge in [-0.15, -0.1) is 0 Å². The maximum absolute atomic E-state index is 13.7. The van der Waals surface area contributed by atoms with Crippen molar-refractivity contribution in [2.24, 2.45) is 16.8 Å². The molecule has 0 saturated carbocycles. The van der Waals surface area contributed by atoms with Crippen molar-refractivity contribution in [1.82, 2.24) is 25.5 Å². The van der Waals surface area contributed by atoms with E-state index in [1.54, 1.807) is 18.5 Å². The fourth-order valence-electron chi connectivity index (χ4n) is 3.20. The van der Waals surface area contributed by atoms with E-state index < -0.39 is 5.83 Å². The molecule has 3 rings (SSSR count). The molecule has 1 fully saturated rings.